The van der Waals surface area contributed by atoms with Gasteiger partial charge in [-0.15, -0.1) is 0 Å². The Morgan fingerprint density at radius 3 is 2.17 bits per heavy atom. The first-order valence-corrected chi connectivity index (χ1v) is 17.2. The molecular formula is C28H45N5O7S. The van der Waals surface area contributed by atoms with Crippen molar-refractivity contribution in [3.05, 3.63) is 0 Å². The van der Waals surface area contributed by atoms with Crippen molar-refractivity contribution in [2.24, 2.45) is 5.92 Å². The predicted octanol–water partition coefficient (Wildman–Crippen LogP) is 0.937. The van der Waals surface area contributed by atoms with Gasteiger partial charge in [0.15, 0.2) is 0 Å². The number of nitrogens with zero attached hydrogens (tertiary/aromatic N) is 1. The second kappa shape index (κ2) is 13.5. The molecule has 41 heavy (non-hydrogen) atoms. The lowest BCUT2D eigenvalue weighted by Crippen LogP contribution is -2.62. The number of ketones is 1. The Morgan fingerprint density at radius 2 is 1.54 bits per heavy atom. The first-order chi connectivity index (χ1) is 19.5. The van der Waals surface area contributed by atoms with Crippen LogP contribution in [0.5, 0.6) is 0 Å². The van der Waals surface area contributed by atoms with Gasteiger partial charge in [-0.25, -0.2) is 13.2 Å². The second-order valence-electron chi connectivity index (χ2n) is 12.5. The van der Waals surface area contributed by atoms with Crippen LogP contribution >= 0.6 is 0 Å². The number of hydrogen-bond acceptors (Lipinski definition) is 7. The van der Waals surface area contributed by atoms with Crippen LogP contribution in [0, 0.1) is 5.92 Å². The zero-order valence-corrected chi connectivity index (χ0v) is 24.9. The van der Waals surface area contributed by atoms with Crippen molar-refractivity contribution in [2.45, 2.75) is 114 Å². The van der Waals surface area contributed by atoms with E-state index in [0.29, 0.717) is 32.2 Å². The van der Waals surface area contributed by atoms with Crippen LogP contribution in [0.15, 0.2) is 0 Å². The van der Waals surface area contributed by atoms with E-state index in [1.807, 2.05) is 0 Å². The van der Waals surface area contributed by atoms with Crippen LogP contribution in [0.25, 0.3) is 0 Å². The van der Waals surface area contributed by atoms with E-state index in [-0.39, 0.29) is 23.6 Å². The Bertz CT molecular complexity index is 1110. The highest BCUT2D eigenvalue weighted by molar-refractivity contribution is 7.90. The molecule has 12 nitrogen and oxygen atoms in total. The average molecular weight is 596 g/mol. The first kappa shape index (κ1) is 31.2. The molecule has 0 spiro atoms. The fraction of sp³-hybridized carbons (Fsp3) is 0.821. The molecule has 0 bridgehead atoms. The molecule has 2 atom stereocenters. The van der Waals surface area contributed by atoms with Gasteiger partial charge in [-0.2, -0.15) is 0 Å². The van der Waals surface area contributed by atoms with E-state index in [1.165, 1.54) is 11.2 Å². The summed E-state index contributed by atoms with van der Waals surface area (Å²) in [6.45, 7) is -0.0946. The van der Waals surface area contributed by atoms with E-state index in [4.69, 9.17) is 0 Å². The van der Waals surface area contributed by atoms with Gasteiger partial charge in [0.2, 0.25) is 17.6 Å². The van der Waals surface area contributed by atoms with E-state index < -0.39 is 57.6 Å². The monoisotopic (exact) mass is 595 g/mol. The van der Waals surface area contributed by atoms with Crippen molar-refractivity contribution in [1.82, 2.24) is 26.2 Å². The molecule has 0 radical (unpaired) electrons. The molecule has 0 unspecified atom stereocenters. The molecule has 13 heteroatoms. The molecule has 0 aromatic rings. The normalized spacial score (nSPS) is 23.7. The number of likely N-dealkylation sites (tertiary alicyclic amines) is 1. The lowest BCUT2D eigenvalue weighted by molar-refractivity contribution is -0.142. The van der Waals surface area contributed by atoms with Crippen molar-refractivity contribution in [3.8, 4) is 0 Å². The summed E-state index contributed by atoms with van der Waals surface area (Å²) in [5.41, 5.74) is -0.871. The van der Waals surface area contributed by atoms with Crippen LogP contribution in [0.1, 0.15) is 89.9 Å². The molecule has 1 saturated heterocycles. The molecule has 4 aliphatic rings. The van der Waals surface area contributed by atoms with Gasteiger partial charge in [0, 0.05) is 18.8 Å². The third-order valence-corrected chi connectivity index (χ3v) is 9.91. The molecule has 0 aromatic carbocycles. The first-order valence-electron chi connectivity index (χ1n) is 15.1. The average Bonchev–Trinajstić information content (AvgIpc) is 3.60. The summed E-state index contributed by atoms with van der Waals surface area (Å²) in [5.74, 6) is -2.54. The summed E-state index contributed by atoms with van der Waals surface area (Å²) in [6.07, 6.45) is 12.1. The lowest BCUT2D eigenvalue weighted by atomic mass is 9.82. The number of nitrogens with one attached hydrogen (secondary N) is 4. The van der Waals surface area contributed by atoms with Crippen LogP contribution in [0.2, 0.25) is 0 Å². The maximum Gasteiger partial charge on any atom is 0.315 e. The van der Waals surface area contributed by atoms with E-state index >= 15 is 0 Å². The van der Waals surface area contributed by atoms with Crippen LogP contribution < -0.4 is 21.3 Å². The van der Waals surface area contributed by atoms with E-state index in [9.17, 15) is 32.4 Å². The minimum Gasteiger partial charge on any atom is -0.347 e. The highest BCUT2D eigenvalue weighted by Crippen LogP contribution is 2.31. The van der Waals surface area contributed by atoms with Gasteiger partial charge in [0.05, 0.1) is 17.8 Å². The van der Waals surface area contributed by atoms with Gasteiger partial charge < -0.3 is 26.2 Å². The standard InChI is InChI=1S/C28H45N5O7S/c1-41(39,40)18-28(14-6-3-7-15-28)32-27(38)31-23(19-9-4-2-5-10-19)26(37)33-16-8-11-21(33)24(35)29-17-22(34)25(36)30-20-12-13-20/h19-21,23H,2-18H2,1H3,(H,29,35)(H,30,36)(H2,31,32,38)/t21-,23-/m0/s1. The minimum absolute atomic E-state index is 0.0332. The van der Waals surface area contributed by atoms with Gasteiger partial charge in [-0.3, -0.25) is 19.2 Å². The summed E-state index contributed by atoms with van der Waals surface area (Å²) in [5, 5.41) is 11.0. The summed E-state index contributed by atoms with van der Waals surface area (Å²) in [4.78, 5) is 65.9. The summed E-state index contributed by atoms with van der Waals surface area (Å²) >= 11 is 0. The number of Topliss-reactive ketones (excluding diaryl/α,β-unsaturated/α-hetero) is 1. The highest BCUT2D eigenvalue weighted by atomic mass is 32.2. The Kier molecular flexibility index (Phi) is 10.3. The van der Waals surface area contributed by atoms with Crippen LogP contribution in [0.3, 0.4) is 0 Å². The third kappa shape index (κ3) is 8.89. The summed E-state index contributed by atoms with van der Waals surface area (Å²) < 4.78 is 24.4. The Labute approximate surface area is 242 Å². The maximum atomic E-state index is 13.9. The molecule has 4 fully saturated rings. The number of carbonyl (C=O) groups is 5. The van der Waals surface area contributed by atoms with Crippen molar-refractivity contribution in [1.29, 1.82) is 0 Å². The molecule has 4 rings (SSSR count). The third-order valence-electron chi connectivity index (χ3n) is 8.83. The number of sulfone groups is 1. The number of urea groups is 1. The van der Waals surface area contributed by atoms with Crippen molar-refractivity contribution in [2.75, 3.05) is 25.1 Å². The van der Waals surface area contributed by atoms with Crippen LogP contribution in [0.4, 0.5) is 4.79 Å². The minimum atomic E-state index is -3.35. The maximum absolute atomic E-state index is 13.9. The fourth-order valence-corrected chi connectivity index (χ4v) is 8.01. The van der Waals surface area contributed by atoms with Gasteiger partial charge >= 0.3 is 6.03 Å². The molecule has 5 amide bonds. The topological polar surface area (TPSA) is 171 Å². The smallest absolute Gasteiger partial charge is 0.315 e. The highest BCUT2D eigenvalue weighted by Gasteiger charge is 2.42. The Balaban J connectivity index is 1.42. The molecule has 1 aliphatic heterocycles. The number of hydrogen-bond donors (Lipinski definition) is 4. The molecular weight excluding hydrogens is 550 g/mol. The predicted molar refractivity (Wildman–Crippen MR) is 151 cm³/mol. The SMILES string of the molecule is CS(=O)(=O)CC1(NC(=O)N[C@H](C(=O)N2CCC[C@H]2C(=O)NCC(=O)C(=O)NC2CC2)C2CCCCC2)CCCCC1. The zero-order chi connectivity index (χ0) is 29.6. The molecule has 3 saturated carbocycles. The van der Waals surface area contributed by atoms with Crippen LogP contribution in [-0.4, -0.2) is 91.6 Å². The molecule has 1 heterocycles. The number of amides is 5. The molecule has 4 N–H and O–H groups in total. The van der Waals surface area contributed by atoms with Gasteiger partial charge in [-0.05, 0) is 57.3 Å². The zero-order valence-electron chi connectivity index (χ0n) is 24.0. The molecule has 230 valence electrons. The number of carbonyl (C=O) groups excluding carboxylic acids is 5. The fourth-order valence-electron chi connectivity index (χ4n) is 6.64. The van der Waals surface area contributed by atoms with Gasteiger partial charge in [0.25, 0.3) is 5.91 Å². The largest absolute Gasteiger partial charge is 0.347 e. The molecule has 0 aromatic heterocycles. The summed E-state index contributed by atoms with van der Waals surface area (Å²) in [7, 11) is -3.35. The lowest BCUT2D eigenvalue weighted by Gasteiger charge is -2.39. The van der Waals surface area contributed by atoms with Gasteiger partial charge in [0.1, 0.15) is 21.9 Å². The second-order valence-corrected chi connectivity index (χ2v) is 14.6. The van der Waals surface area contributed by atoms with E-state index in [0.717, 1.165) is 64.2 Å². The summed E-state index contributed by atoms with van der Waals surface area (Å²) in [6, 6.07) is -2.18. The van der Waals surface area contributed by atoms with Crippen molar-refractivity contribution in [3.63, 3.8) is 0 Å². The van der Waals surface area contributed by atoms with Crippen LogP contribution in [-0.2, 0) is 29.0 Å². The Morgan fingerprint density at radius 1 is 0.878 bits per heavy atom. The Hall–Kier alpha value is -2.70. The van der Waals surface area contributed by atoms with Gasteiger partial charge in [-0.1, -0.05) is 38.5 Å². The quantitative estimate of drug-likeness (QED) is 0.258. The van der Waals surface area contributed by atoms with E-state index in [2.05, 4.69) is 21.3 Å². The number of rotatable bonds is 11. The van der Waals surface area contributed by atoms with Crippen molar-refractivity contribution < 1.29 is 32.4 Å². The van der Waals surface area contributed by atoms with E-state index in [1.54, 1.807) is 0 Å². The molecule has 3 aliphatic carbocycles. The van der Waals surface area contributed by atoms with Crippen molar-refractivity contribution >= 4 is 39.4 Å².